The number of carbonyl (C=O) groups excluding carboxylic acids is 1. The Hall–Kier alpha value is -0.500. The molecule has 0 fully saturated rings. The lowest BCUT2D eigenvalue weighted by Gasteiger charge is -1.90. The summed E-state index contributed by atoms with van der Waals surface area (Å²) in [7, 11) is 0. The van der Waals surface area contributed by atoms with Crippen molar-refractivity contribution in [3.05, 3.63) is 23.6 Å². The van der Waals surface area contributed by atoms with Crippen LogP contribution in [-0.2, 0) is 4.79 Å². The predicted molar refractivity (Wildman–Crippen MR) is 42.5 cm³/mol. The van der Waals surface area contributed by atoms with Crippen molar-refractivity contribution in [1.82, 2.24) is 0 Å². The molecule has 0 aliphatic carbocycles. The molecule has 0 aromatic carbocycles. The molecule has 0 saturated heterocycles. The first kappa shape index (κ1) is 8.50. The topological polar surface area (TPSA) is 17.1 Å². The standard InChI is InChI=1S/C7H10OS/c1-3-7(4-5-8)6-9-2/h3,5-6H,1,4H2,2H3/b7-6+. The Morgan fingerprint density at radius 2 is 2.44 bits per heavy atom. The van der Waals surface area contributed by atoms with Gasteiger partial charge >= 0.3 is 0 Å². The third kappa shape index (κ3) is 4.03. The fraction of sp³-hybridized carbons (Fsp3) is 0.286. The molecule has 0 saturated carbocycles. The van der Waals surface area contributed by atoms with Crippen LogP contribution in [0.5, 0.6) is 0 Å². The van der Waals surface area contributed by atoms with Gasteiger partial charge in [-0.2, -0.15) is 0 Å². The van der Waals surface area contributed by atoms with Gasteiger partial charge in [-0.1, -0.05) is 12.7 Å². The number of allylic oxidation sites excluding steroid dienone is 2. The Labute approximate surface area is 59.8 Å². The molecule has 2 heteroatoms. The third-order valence-corrected chi connectivity index (χ3v) is 1.39. The molecule has 1 nitrogen and oxygen atoms in total. The molecule has 0 aliphatic rings. The number of hydrogen-bond donors (Lipinski definition) is 0. The Kier molecular flexibility index (Phi) is 5.32. The fourth-order valence-corrected chi connectivity index (χ4v) is 0.922. The van der Waals surface area contributed by atoms with Gasteiger partial charge in [-0.25, -0.2) is 0 Å². The lowest BCUT2D eigenvalue weighted by molar-refractivity contribution is -0.107. The summed E-state index contributed by atoms with van der Waals surface area (Å²) in [5.41, 5.74) is 0.984. The molecule has 0 atom stereocenters. The lowest BCUT2D eigenvalue weighted by atomic mass is 10.2. The molecule has 0 radical (unpaired) electrons. The molecular weight excluding hydrogens is 132 g/mol. The van der Waals surface area contributed by atoms with Gasteiger partial charge in [-0.15, -0.1) is 11.8 Å². The normalized spacial score (nSPS) is 11.0. The summed E-state index contributed by atoms with van der Waals surface area (Å²) < 4.78 is 0. The number of rotatable bonds is 4. The van der Waals surface area contributed by atoms with Crippen LogP contribution in [0.4, 0.5) is 0 Å². The van der Waals surface area contributed by atoms with E-state index >= 15 is 0 Å². The van der Waals surface area contributed by atoms with E-state index in [1.54, 1.807) is 17.8 Å². The summed E-state index contributed by atoms with van der Waals surface area (Å²) in [5, 5.41) is 1.92. The summed E-state index contributed by atoms with van der Waals surface area (Å²) in [6, 6.07) is 0. The van der Waals surface area contributed by atoms with Crippen LogP contribution in [0, 0.1) is 0 Å². The zero-order valence-corrected chi connectivity index (χ0v) is 6.28. The first-order valence-electron chi connectivity index (χ1n) is 2.63. The maximum absolute atomic E-state index is 9.95. The number of thioether (sulfide) groups is 1. The number of hydrogen-bond acceptors (Lipinski definition) is 2. The molecule has 50 valence electrons. The summed E-state index contributed by atoms with van der Waals surface area (Å²) in [6.45, 7) is 3.56. The van der Waals surface area contributed by atoms with Gasteiger partial charge in [0.1, 0.15) is 6.29 Å². The molecule has 0 heterocycles. The summed E-state index contributed by atoms with van der Waals surface area (Å²) >= 11 is 1.58. The lowest BCUT2D eigenvalue weighted by Crippen LogP contribution is -1.76. The van der Waals surface area contributed by atoms with Gasteiger partial charge in [0.05, 0.1) is 0 Å². The van der Waals surface area contributed by atoms with E-state index in [0.717, 1.165) is 11.9 Å². The van der Waals surface area contributed by atoms with Crippen molar-refractivity contribution >= 4 is 18.0 Å². The van der Waals surface area contributed by atoms with E-state index in [4.69, 9.17) is 0 Å². The van der Waals surface area contributed by atoms with Crippen LogP contribution in [0.2, 0.25) is 0 Å². The minimum atomic E-state index is 0.477. The van der Waals surface area contributed by atoms with Crippen molar-refractivity contribution < 1.29 is 4.79 Å². The van der Waals surface area contributed by atoms with Gasteiger partial charge < -0.3 is 4.79 Å². The van der Waals surface area contributed by atoms with E-state index in [0.29, 0.717) is 6.42 Å². The highest BCUT2D eigenvalue weighted by Gasteiger charge is 1.86. The minimum absolute atomic E-state index is 0.477. The molecule has 0 amide bonds. The second-order valence-corrected chi connectivity index (χ2v) is 2.21. The van der Waals surface area contributed by atoms with E-state index in [2.05, 4.69) is 6.58 Å². The predicted octanol–water partition coefficient (Wildman–Crippen LogP) is 2.01. The molecule has 0 bridgehead atoms. The highest BCUT2D eigenvalue weighted by molar-refractivity contribution is 8.01. The molecule has 0 aromatic rings. The first-order valence-corrected chi connectivity index (χ1v) is 3.91. The van der Waals surface area contributed by atoms with Crippen molar-refractivity contribution in [2.75, 3.05) is 6.26 Å². The van der Waals surface area contributed by atoms with Gasteiger partial charge in [-0.3, -0.25) is 0 Å². The molecule has 0 aromatic heterocycles. The fourth-order valence-electron chi connectivity index (χ4n) is 0.427. The Balaban J connectivity index is 3.80. The van der Waals surface area contributed by atoms with Crippen molar-refractivity contribution in [3.63, 3.8) is 0 Å². The van der Waals surface area contributed by atoms with Crippen LogP contribution in [0.1, 0.15) is 6.42 Å². The Morgan fingerprint density at radius 3 is 2.78 bits per heavy atom. The largest absolute Gasteiger partial charge is 0.303 e. The van der Waals surface area contributed by atoms with Crippen molar-refractivity contribution in [2.45, 2.75) is 6.42 Å². The smallest absolute Gasteiger partial charge is 0.124 e. The van der Waals surface area contributed by atoms with Crippen LogP contribution < -0.4 is 0 Å². The highest BCUT2D eigenvalue weighted by Crippen LogP contribution is 2.06. The average molecular weight is 142 g/mol. The molecular formula is C7H10OS. The van der Waals surface area contributed by atoms with Crippen LogP contribution in [0.3, 0.4) is 0 Å². The number of aldehydes is 1. The monoisotopic (exact) mass is 142 g/mol. The van der Waals surface area contributed by atoms with Crippen molar-refractivity contribution in [1.29, 1.82) is 0 Å². The SMILES string of the molecule is C=C/C(=C\SC)CC=O. The molecule has 0 unspecified atom stereocenters. The van der Waals surface area contributed by atoms with Crippen LogP contribution >= 0.6 is 11.8 Å². The Bertz CT molecular complexity index is 127. The highest BCUT2D eigenvalue weighted by atomic mass is 32.2. The van der Waals surface area contributed by atoms with Gasteiger partial charge in [0.2, 0.25) is 0 Å². The summed E-state index contributed by atoms with van der Waals surface area (Å²) in [4.78, 5) is 9.95. The molecule has 9 heavy (non-hydrogen) atoms. The zero-order chi connectivity index (χ0) is 7.11. The van der Waals surface area contributed by atoms with E-state index in [1.165, 1.54) is 0 Å². The maximum atomic E-state index is 9.95. The third-order valence-electron chi connectivity index (χ3n) is 0.850. The van der Waals surface area contributed by atoms with Crippen molar-refractivity contribution in [2.24, 2.45) is 0 Å². The zero-order valence-electron chi connectivity index (χ0n) is 5.46. The quantitative estimate of drug-likeness (QED) is 0.441. The molecule has 0 N–H and O–H groups in total. The first-order chi connectivity index (χ1) is 4.35. The van der Waals surface area contributed by atoms with Crippen molar-refractivity contribution in [3.8, 4) is 0 Å². The Morgan fingerprint density at radius 1 is 1.78 bits per heavy atom. The van der Waals surface area contributed by atoms with Gasteiger partial charge in [0.25, 0.3) is 0 Å². The molecule has 0 spiro atoms. The molecule has 0 rings (SSSR count). The van der Waals surface area contributed by atoms with Crippen LogP contribution in [0.25, 0.3) is 0 Å². The maximum Gasteiger partial charge on any atom is 0.124 e. The van der Waals surface area contributed by atoms with E-state index in [1.807, 2.05) is 11.7 Å². The van der Waals surface area contributed by atoms with E-state index in [9.17, 15) is 4.79 Å². The van der Waals surface area contributed by atoms with Gasteiger partial charge in [0, 0.05) is 6.42 Å². The van der Waals surface area contributed by atoms with E-state index in [-0.39, 0.29) is 0 Å². The van der Waals surface area contributed by atoms with Crippen LogP contribution in [0.15, 0.2) is 23.6 Å². The average Bonchev–Trinajstić information content (AvgIpc) is 1.88. The van der Waals surface area contributed by atoms with Gasteiger partial charge in [-0.05, 0) is 17.2 Å². The molecule has 0 aliphatic heterocycles. The minimum Gasteiger partial charge on any atom is -0.303 e. The summed E-state index contributed by atoms with van der Waals surface area (Å²) in [5.74, 6) is 0. The summed E-state index contributed by atoms with van der Waals surface area (Å²) in [6.07, 6.45) is 5.01. The van der Waals surface area contributed by atoms with Gasteiger partial charge in [0.15, 0.2) is 0 Å². The second-order valence-electron chi connectivity index (χ2n) is 1.50. The van der Waals surface area contributed by atoms with E-state index < -0.39 is 0 Å². The van der Waals surface area contributed by atoms with Crippen LogP contribution in [-0.4, -0.2) is 12.5 Å². The number of carbonyl (C=O) groups is 1. The second kappa shape index (κ2) is 5.63.